The van der Waals surface area contributed by atoms with Crippen molar-refractivity contribution in [2.24, 2.45) is 0 Å². The maximum atomic E-state index is 12.7. The molecule has 0 fully saturated rings. The van der Waals surface area contributed by atoms with E-state index in [1.165, 1.54) is 53.9 Å². The van der Waals surface area contributed by atoms with Crippen LogP contribution in [0.25, 0.3) is 53.9 Å². The molecule has 0 atom stereocenters. The molecule has 170 valence electrons. The Morgan fingerprint density at radius 3 is 1.03 bits per heavy atom. The van der Waals surface area contributed by atoms with Gasteiger partial charge in [0.1, 0.15) is 23.3 Å². The Bertz CT molecular complexity index is 1880. The van der Waals surface area contributed by atoms with E-state index in [0.29, 0.717) is 0 Å². The minimum atomic E-state index is -1.86. The van der Waals surface area contributed by atoms with Crippen molar-refractivity contribution in [1.82, 2.24) is 0 Å². The highest BCUT2D eigenvalue weighted by Gasteiger charge is 2.25. The molecular formula is C30H12F4N2. The van der Waals surface area contributed by atoms with E-state index in [9.17, 15) is 17.6 Å². The van der Waals surface area contributed by atoms with Crippen LogP contribution in [0.2, 0.25) is 0 Å². The molecule has 36 heavy (non-hydrogen) atoms. The summed E-state index contributed by atoms with van der Waals surface area (Å²) in [6.07, 6.45) is 0. The highest BCUT2D eigenvalue weighted by Crippen LogP contribution is 2.44. The number of benzene rings is 7. The molecule has 0 saturated carbocycles. The maximum Gasteiger partial charge on any atom is 0.181 e. The highest BCUT2D eigenvalue weighted by atomic mass is 19.2. The third kappa shape index (κ3) is 2.82. The molecule has 0 radical (unpaired) electrons. The smallest absolute Gasteiger partial charge is 0.181 e. The molecule has 0 aromatic heterocycles. The molecule has 0 N–H and O–H groups in total. The van der Waals surface area contributed by atoms with Crippen molar-refractivity contribution in [3.05, 3.63) is 107 Å². The summed E-state index contributed by atoms with van der Waals surface area (Å²) >= 11 is 0. The third-order valence-electron chi connectivity index (χ3n) is 6.63. The number of rotatable bonds is 0. The van der Waals surface area contributed by atoms with Crippen LogP contribution < -0.4 is 0 Å². The number of nitrogens with zero attached hydrogens (tertiary/aromatic N) is 2. The summed E-state index contributed by atoms with van der Waals surface area (Å²) in [6.45, 7) is 0. The first-order chi connectivity index (χ1) is 17.5. The number of fused-ring (bicyclic) bond motifs is 1. The van der Waals surface area contributed by atoms with Crippen LogP contribution in [0.5, 0.6) is 0 Å². The number of hydrogen-bond acceptors (Lipinski definition) is 2. The van der Waals surface area contributed by atoms with E-state index in [1.54, 1.807) is 0 Å². The van der Waals surface area contributed by atoms with Crippen LogP contribution in [0.1, 0.15) is 11.1 Å². The zero-order chi connectivity index (χ0) is 25.1. The first kappa shape index (κ1) is 21.6. The summed E-state index contributed by atoms with van der Waals surface area (Å²) < 4.78 is 50.9. The Labute approximate surface area is 201 Å². The second kappa shape index (κ2) is 7.80. The minimum absolute atomic E-state index is 0.957. The Kier molecular flexibility index (Phi) is 4.67. The van der Waals surface area contributed by atoms with Gasteiger partial charge >= 0.3 is 0 Å². The van der Waals surface area contributed by atoms with Gasteiger partial charge in [0.05, 0.1) is 0 Å². The molecule has 0 spiro atoms. The molecule has 0 aliphatic heterocycles. The molecule has 0 saturated heterocycles. The Morgan fingerprint density at radius 1 is 0.417 bits per heavy atom. The maximum absolute atomic E-state index is 12.7. The van der Waals surface area contributed by atoms with Crippen molar-refractivity contribution in [3.63, 3.8) is 0 Å². The summed E-state index contributed by atoms with van der Waals surface area (Å²) in [6, 6.07) is 28.8. The molecule has 7 rings (SSSR count). The van der Waals surface area contributed by atoms with Gasteiger partial charge in [-0.1, -0.05) is 72.8 Å². The van der Waals surface area contributed by atoms with Crippen molar-refractivity contribution < 1.29 is 17.6 Å². The van der Waals surface area contributed by atoms with Crippen LogP contribution in [-0.2, 0) is 0 Å². The molecule has 0 unspecified atom stereocenters. The van der Waals surface area contributed by atoms with Gasteiger partial charge < -0.3 is 0 Å². The van der Waals surface area contributed by atoms with Crippen molar-refractivity contribution in [3.8, 4) is 12.1 Å². The summed E-state index contributed by atoms with van der Waals surface area (Å²) in [5.41, 5.74) is -2.75. The lowest BCUT2D eigenvalue weighted by atomic mass is 9.86. The Hall–Kier alpha value is -4.94. The lowest BCUT2D eigenvalue weighted by Crippen LogP contribution is -2.04. The van der Waals surface area contributed by atoms with E-state index >= 15 is 0 Å². The molecule has 0 aliphatic carbocycles. The summed E-state index contributed by atoms with van der Waals surface area (Å²) in [7, 11) is 0. The topological polar surface area (TPSA) is 47.6 Å². The first-order valence-corrected chi connectivity index (χ1v) is 10.9. The van der Waals surface area contributed by atoms with Crippen LogP contribution in [0.15, 0.2) is 72.8 Å². The molecule has 0 aliphatic rings. The number of hydrogen-bond donors (Lipinski definition) is 0. The van der Waals surface area contributed by atoms with Gasteiger partial charge in [-0.3, -0.25) is 0 Å². The SMILES string of the molecule is N#Cc1c(F)c(F)c(C#N)c(F)c1F.c1cc2ccc3ccc4ccc5cccc6c(c1)c2c3c4c56. The molecule has 0 bridgehead atoms. The Balaban J connectivity index is 0.000000150. The van der Waals surface area contributed by atoms with E-state index < -0.39 is 34.4 Å². The van der Waals surface area contributed by atoms with Crippen LogP contribution in [-0.4, -0.2) is 0 Å². The monoisotopic (exact) mass is 476 g/mol. The van der Waals surface area contributed by atoms with Crippen LogP contribution in [0.3, 0.4) is 0 Å². The fourth-order valence-corrected chi connectivity index (χ4v) is 5.06. The first-order valence-electron chi connectivity index (χ1n) is 10.9. The van der Waals surface area contributed by atoms with Crippen LogP contribution >= 0.6 is 0 Å². The van der Waals surface area contributed by atoms with Gasteiger partial charge in [-0.2, -0.15) is 10.5 Å². The largest absolute Gasteiger partial charge is 0.202 e. The van der Waals surface area contributed by atoms with Crippen molar-refractivity contribution in [1.29, 1.82) is 10.5 Å². The van der Waals surface area contributed by atoms with Gasteiger partial charge in [-0.15, -0.1) is 0 Å². The molecule has 7 aromatic carbocycles. The zero-order valence-corrected chi connectivity index (χ0v) is 18.3. The van der Waals surface area contributed by atoms with Gasteiger partial charge in [0, 0.05) is 0 Å². The van der Waals surface area contributed by atoms with E-state index in [0.717, 1.165) is 12.1 Å². The van der Waals surface area contributed by atoms with Crippen LogP contribution in [0.4, 0.5) is 17.6 Å². The lowest BCUT2D eigenvalue weighted by molar-refractivity contribution is 0.446. The Morgan fingerprint density at radius 2 is 0.722 bits per heavy atom. The molecule has 0 amide bonds. The predicted molar refractivity (Wildman–Crippen MR) is 132 cm³/mol. The number of nitriles is 2. The fourth-order valence-electron chi connectivity index (χ4n) is 5.06. The normalized spacial score (nSPS) is 11.3. The highest BCUT2D eigenvalue weighted by molar-refractivity contribution is 6.39. The van der Waals surface area contributed by atoms with Gasteiger partial charge in [0.15, 0.2) is 23.3 Å². The van der Waals surface area contributed by atoms with Crippen LogP contribution in [0, 0.1) is 45.9 Å². The van der Waals surface area contributed by atoms with Gasteiger partial charge in [0.25, 0.3) is 0 Å². The molecule has 2 nitrogen and oxygen atoms in total. The van der Waals surface area contributed by atoms with Gasteiger partial charge in [0.2, 0.25) is 0 Å². The van der Waals surface area contributed by atoms with Crippen molar-refractivity contribution in [2.75, 3.05) is 0 Å². The zero-order valence-electron chi connectivity index (χ0n) is 18.3. The lowest BCUT2D eigenvalue weighted by Gasteiger charge is -2.17. The van der Waals surface area contributed by atoms with E-state index in [-0.39, 0.29) is 0 Å². The average Bonchev–Trinajstić information content (AvgIpc) is 2.91. The molecular weight excluding hydrogens is 464 g/mol. The fraction of sp³-hybridized carbons (Fsp3) is 0. The third-order valence-corrected chi connectivity index (χ3v) is 6.63. The summed E-state index contributed by atoms with van der Waals surface area (Å²) in [5, 5.41) is 30.1. The van der Waals surface area contributed by atoms with Gasteiger partial charge in [-0.05, 0) is 53.9 Å². The standard InChI is InChI=1S/C22H12.C8F4N2/c1-3-13-7-9-15-11-12-16-10-8-14-4-2-6-18-17(5-1)19(13)21(15)22(16)20(14)18;9-5-3(1-13)6(10)8(12)4(2-14)7(5)11/h1-12H;. The summed E-state index contributed by atoms with van der Waals surface area (Å²) in [4.78, 5) is 0. The van der Waals surface area contributed by atoms with E-state index in [4.69, 9.17) is 10.5 Å². The van der Waals surface area contributed by atoms with Crippen molar-refractivity contribution in [2.45, 2.75) is 0 Å². The quantitative estimate of drug-likeness (QED) is 0.0956. The van der Waals surface area contributed by atoms with Crippen molar-refractivity contribution >= 4 is 53.9 Å². The second-order valence-electron chi connectivity index (χ2n) is 8.43. The summed E-state index contributed by atoms with van der Waals surface area (Å²) in [5.74, 6) is -7.43. The van der Waals surface area contributed by atoms with E-state index in [1.807, 2.05) is 0 Å². The molecule has 7 aromatic rings. The van der Waals surface area contributed by atoms with E-state index in [2.05, 4.69) is 72.8 Å². The molecule has 0 heterocycles. The molecule has 6 heteroatoms. The average molecular weight is 476 g/mol. The predicted octanol–water partition coefficient (Wildman–Crippen LogP) is 8.31. The number of halogens is 4. The van der Waals surface area contributed by atoms with Gasteiger partial charge in [-0.25, -0.2) is 17.6 Å². The minimum Gasteiger partial charge on any atom is -0.202 e. The second-order valence-corrected chi connectivity index (χ2v) is 8.43.